The van der Waals surface area contributed by atoms with Crippen molar-refractivity contribution in [2.45, 2.75) is 19.4 Å². The Morgan fingerprint density at radius 3 is 2.82 bits per heavy atom. The van der Waals surface area contributed by atoms with Crippen LogP contribution >= 0.6 is 0 Å². The molecule has 1 amide bonds. The van der Waals surface area contributed by atoms with Gasteiger partial charge in [-0.15, -0.1) is 0 Å². The van der Waals surface area contributed by atoms with Gasteiger partial charge in [-0.2, -0.15) is 0 Å². The monoisotopic (exact) mass is 380 g/mol. The third kappa shape index (κ3) is 3.19. The van der Waals surface area contributed by atoms with Crippen molar-refractivity contribution in [2.24, 2.45) is 0 Å². The van der Waals surface area contributed by atoms with E-state index in [1.807, 2.05) is 42.9 Å². The fraction of sp³-hybridized carbons (Fsp3) is 0.238. The molecule has 0 aliphatic carbocycles. The van der Waals surface area contributed by atoms with E-state index in [0.29, 0.717) is 30.1 Å². The maximum absolute atomic E-state index is 14.3. The zero-order valence-electron chi connectivity index (χ0n) is 15.7. The molecule has 4 rings (SSSR count). The quantitative estimate of drug-likeness (QED) is 0.719. The van der Waals surface area contributed by atoms with Crippen LogP contribution < -0.4 is 10.2 Å². The van der Waals surface area contributed by atoms with Crippen LogP contribution in [-0.4, -0.2) is 34.7 Å². The lowest BCUT2D eigenvalue weighted by Gasteiger charge is -2.19. The van der Waals surface area contributed by atoms with Crippen molar-refractivity contribution >= 4 is 33.9 Å². The van der Waals surface area contributed by atoms with Crippen molar-refractivity contribution in [3.63, 3.8) is 0 Å². The molecule has 144 valence electrons. The molecule has 2 aromatic carbocycles. The van der Waals surface area contributed by atoms with Gasteiger partial charge < -0.3 is 19.9 Å². The van der Waals surface area contributed by atoms with Crippen molar-refractivity contribution in [3.05, 3.63) is 59.9 Å². The fourth-order valence-electron chi connectivity index (χ4n) is 3.45. The molecule has 7 heteroatoms. The number of aliphatic hydroxyl groups is 1. The summed E-state index contributed by atoms with van der Waals surface area (Å²) >= 11 is 0. The summed E-state index contributed by atoms with van der Waals surface area (Å²) < 4.78 is 16.3. The Balaban J connectivity index is 1.58. The SMILES string of the molecule is CN(C)c1ccc(NC(=O)CC2=C(O)CCn3c2nc2ccccc23)c(F)c1. The Kier molecular flexibility index (Phi) is 4.50. The zero-order valence-corrected chi connectivity index (χ0v) is 15.7. The summed E-state index contributed by atoms with van der Waals surface area (Å²) in [6, 6.07) is 12.3. The number of fused-ring (bicyclic) bond motifs is 3. The highest BCUT2D eigenvalue weighted by Crippen LogP contribution is 2.32. The molecule has 1 aliphatic rings. The lowest BCUT2D eigenvalue weighted by molar-refractivity contribution is -0.115. The molecule has 2 N–H and O–H groups in total. The van der Waals surface area contributed by atoms with Gasteiger partial charge in [-0.1, -0.05) is 12.1 Å². The highest BCUT2D eigenvalue weighted by atomic mass is 19.1. The summed E-state index contributed by atoms with van der Waals surface area (Å²) in [5.74, 6) is -0.169. The molecule has 1 aliphatic heterocycles. The number of aliphatic hydroxyl groups excluding tert-OH is 1. The maximum Gasteiger partial charge on any atom is 0.229 e. The highest BCUT2D eigenvalue weighted by molar-refractivity contribution is 5.98. The Labute approximate surface area is 161 Å². The number of rotatable bonds is 4. The van der Waals surface area contributed by atoms with Gasteiger partial charge in [-0.25, -0.2) is 9.37 Å². The van der Waals surface area contributed by atoms with Gasteiger partial charge in [0.15, 0.2) is 0 Å². The average molecular weight is 380 g/mol. The number of nitrogens with zero attached hydrogens (tertiary/aromatic N) is 3. The molecule has 0 radical (unpaired) electrons. The first-order valence-electron chi connectivity index (χ1n) is 9.07. The van der Waals surface area contributed by atoms with Crippen LogP contribution in [0.3, 0.4) is 0 Å². The Hall–Kier alpha value is -3.35. The third-order valence-electron chi connectivity index (χ3n) is 4.93. The van der Waals surface area contributed by atoms with E-state index in [4.69, 9.17) is 0 Å². The molecule has 0 atom stereocenters. The van der Waals surface area contributed by atoms with Crippen molar-refractivity contribution in [2.75, 3.05) is 24.3 Å². The number of amides is 1. The summed E-state index contributed by atoms with van der Waals surface area (Å²) in [5, 5.41) is 13.0. The van der Waals surface area contributed by atoms with Gasteiger partial charge in [-0.3, -0.25) is 4.79 Å². The van der Waals surface area contributed by atoms with E-state index in [-0.39, 0.29) is 17.9 Å². The van der Waals surface area contributed by atoms with Gasteiger partial charge in [-0.05, 0) is 30.3 Å². The van der Waals surface area contributed by atoms with Gasteiger partial charge in [0.2, 0.25) is 5.91 Å². The number of hydrogen-bond donors (Lipinski definition) is 2. The van der Waals surface area contributed by atoms with E-state index in [0.717, 1.165) is 11.0 Å². The lowest BCUT2D eigenvalue weighted by atomic mass is 10.0. The molecular formula is C21H21FN4O2. The van der Waals surface area contributed by atoms with E-state index in [1.165, 1.54) is 12.1 Å². The predicted octanol–water partition coefficient (Wildman–Crippen LogP) is 3.94. The largest absolute Gasteiger partial charge is 0.512 e. The molecule has 0 bridgehead atoms. The molecule has 2 heterocycles. The van der Waals surface area contributed by atoms with Gasteiger partial charge in [0.25, 0.3) is 0 Å². The van der Waals surface area contributed by atoms with Gasteiger partial charge in [0.05, 0.1) is 23.1 Å². The molecule has 0 unspecified atom stereocenters. The van der Waals surface area contributed by atoms with Gasteiger partial charge in [0.1, 0.15) is 17.4 Å². The van der Waals surface area contributed by atoms with Crippen LogP contribution in [0.25, 0.3) is 16.6 Å². The number of anilines is 2. The molecule has 0 saturated heterocycles. The van der Waals surface area contributed by atoms with Crippen molar-refractivity contribution in [1.29, 1.82) is 0 Å². The molecule has 1 aromatic heterocycles. The number of benzene rings is 2. The summed E-state index contributed by atoms with van der Waals surface area (Å²) in [6.45, 7) is 0.605. The number of carbonyl (C=O) groups is 1. The van der Waals surface area contributed by atoms with Crippen LogP contribution in [0.15, 0.2) is 48.2 Å². The third-order valence-corrected chi connectivity index (χ3v) is 4.93. The van der Waals surface area contributed by atoms with E-state index in [9.17, 15) is 14.3 Å². The zero-order chi connectivity index (χ0) is 19.8. The van der Waals surface area contributed by atoms with E-state index < -0.39 is 11.7 Å². The molecule has 0 saturated carbocycles. The summed E-state index contributed by atoms with van der Waals surface area (Å²) in [5.41, 5.74) is 3.07. The van der Waals surface area contributed by atoms with Crippen LogP contribution in [0.1, 0.15) is 18.7 Å². The number of para-hydroxylation sites is 2. The lowest BCUT2D eigenvalue weighted by Crippen LogP contribution is -2.18. The van der Waals surface area contributed by atoms with Crippen LogP contribution in [0, 0.1) is 5.82 Å². The minimum atomic E-state index is -0.506. The molecule has 0 fully saturated rings. The minimum absolute atomic E-state index is 0.0793. The second-order valence-corrected chi connectivity index (χ2v) is 7.03. The molecular weight excluding hydrogens is 359 g/mol. The molecule has 0 spiro atoms. The van der Waals surface area contributed by atoms with Crippen LogP contribution in [0.4, 0.5) is 15.8 Å². The number of hydrogen-bond acceptors (Lipinski definition) is 4. The van der Waals surface area contributed by atoms with E-state index >= 15 is 0 Å². The first-order valence-corrected chi connectivity index (χ1v) is 9.07. The Bertz CT molecular complexity index is 1100. The number of halogens is 1. The molecule has 6 nitrogen and oxygen atoms in total. The van der Waals surface area contributed by atoms with E-state index in [2.05, 4.69) is 10.3 Å². The van der Waals surface area contributed by atoms with Crippen molar-refractivity contribution < 1.29 is 14.3 Å². The summed E-state index contributed by atoms with van der Waals surface area (Å²) in [6.07, 6.45) is 0.353. The molecule has 28 heavy (non-hydrogen) atoms. The number of aromatic nitrogens is 2. The number of carbonyl (C=O) groups excluding carboxylic acids is 1. The van der Waals surface area contributed by atoms with Crippen LogP contribution in [-0.2, 0) is 11.3 Å². The average Bonchev–Trinajstić information content (AvgIpc) is 3.04. The Morgan fingerprint density at radius 1 is 1.29 bits per heavy atom. The smallest absolute Gasteiger partial charge is 0.229 e. The minimum Gasteiger partial charge on any atom is -0.512 e. The standard InChI is InChI=1S/C21H21FN4O2/c1-25(2)13-7-8-16(15(22)11-13)23-20(28)12-14-19(27)9-10-26-18-6-4-3-5-17(18)24-21(14)26/h3-8,11,27H,9-10,12H2,1-2H3,(H,23,28). The van der Waals surface area contributed by atoms with Gasteiger partial charge in [0, 0.05) is 38.3 Å². The summed E-state index contributed by atoms with van der Waals surface area (Å²) in [7, 11) is 3.63. The topological polar surface area (TPSA) is 70.4 Å². The normalized spacial score (nSPS) is 13.5. The predicted molar refractivity (Wildman–Crippen MR) is 108 cm³/mol. The second-order valence-electron chi connectivity index (χ2n) is 7.03. The fourth-order valence-corrected chi connectivity index (χ4v) is 3.45. The summed E-state index contributed by atoms with van der Waals surface area (Å²) in [4.78, 5) is 18.9. The first kappa shape index (κ1) is 18.0. The van der Waals surface area contributed by atoms with Crippen LogP contribution in [0.2, 0.25) is 0 Å². The number of aryl methyl sites for hydroxylation is 1. The van der Waals surface area contributed by atoms with Gasteiger partial charge >= 0.3 is 0 Å². The number of nitrogens with one attached hydrogen (secondary N) is 1. The number of imidazole rings is 1. The van der Waals surface area contributed by atoms with Crippen molar-refractivity contribution in [3.8, 4) is 0 Å². The number of allylic oxidation sites excluding steroid dienone is 1. The molecule has 3 aromatic rings. The van der Waals surface area contributed by atoms with Crippen LogP contribution in [0.5, 0.6) is 0 Å². The first-order chi connectivity index (χ1) is 13.4. The Morgan fingerprint density at radius 2 is 2.07 bits per heavy atom. The maximum atomic E-state index is 14.3. The van der Waals surface area contributed by atoms with Crippen molar-refractivity contribution in [1.82, 2.24) is 9.55 Å². The van der Waals surface area contributed by atoms with E-state index in [1.54, 1.807) is 11.0 Å². The second kappa shape index (κ2) is 6.99. The highest BCUT2D eigenvalue weighted by Gasteiger charge is 2.25.